The van der Waals surface area contributed by atoms with Gasteiger partial charge in [-0.15, -0.1) is 0 Å². The number of furan rings is 1. The molecule has 2 amide bonds. The van der Waals surface area contributed by atoms with Crippen molar-refractivity contribution in [2.24, 2.45) is 0 Å². The number of likely N-dealkylation sites (N-methyl/N-ethyl adjacent to an activating group) is 1. The van der Waals surface area contributed by atoms with Gasteiger partial charge in [-0.05, 0) is 31.2 Å². The molecule has 0 spiro atoms. The standard InChI is InChI=1S/C18H21N3O4/c1-12(14-8-5-9-24-14)20-17(22)11-21-10-16(18(23)19-2)25-15-7-4-3-6-13(15)21/h3-9,12,16H,10-11H2,1-2H3,(H,19,23)(H,20,22)/t12-,16-/m1/s1. The van der Waals surface area contributed by atoms with Crippen LogP contribution in [0.2, 0.25) is 0 Å². The Kier molecular flexibility index (Phi) is 4.92. The number of hydrogen-bond donors (Lipinski definition) is 2. The third-order valence-electron chi connectivity index (χ3n) is 4.08. The molecule has 3 rings (SSSR count). The minimum atomic E-state index is -0.657. The molecule has 1 aromatic carbocycles. The summed E-state index contributed by atoms with van der Waals surface area (Å²) in [4.78, 5) is 26.3. The van der Waals surface area contributed by atoms with E-state index in [4.69, 9.17) is 9.15 Å². The summed E-state index contributed by atoms with van der Waals surface area (Å²) < 4.78 is 11.0. The Bertz CT molecular complexity index is 745. The lowest BCUT2D eigenvalue weighted by Gasteiger charge is -2.35. The van der Waals surface area contributed by atoms with Gasteiger partial charge in [0.15, 0.2) is 6.10 Å². The highest BCUT2D eigenvalue weighted by Crippen LogP contribution is 2.32. The smallest absolute Gasteiger partial charge is 0.262 e. The first-order valence-corrected chi connectivity index (χ1v) is 8.13. The lowest BCUT2D eigenvalue weighted by molar-refractivity contribution is -0.127. The van der Waals surface area contributed by atoms with E-state index in [9.17, 15) is 9.59 Å². The molecule has 0 radical (unpaired) electrons. The molecule has 7 heteroatoms. The van der Waals surface area contributed by atoms with Crippen LogP contribution in [0.1, 0.15) is 18.7 Å². The highest BCUT2D eigenvalue weighted by atomic mass is 16.5. The number of anilines is 1. The number of hydrogen-bond acceptors (Lipinski definition) is 5. The lowest BCUT2D eigenvalue weighted by Crippen LogP contribution is -2.50. The van der Waals surface area contributed by atoms with Crippen molar-refractivity contribution in [2.75, 3.05) is 25.0 Å². The number of para-hydroxylation sites is 2. The van der Waals surface area contributed by atoms with Crippen molar-refractivity contribution in [3.63, 3.8) is 0 Å². The van der Waals surface area contributed by atoms with Crippen molar-refractivity contribution < 1.29 is 18.7 Å². The van der Waals surface area contributed by atoms with E-state index in [1.807, 2.05) is 36.1 Å². The summed E-state index contributed by atoms with van der Waals surface area (Å²) in [7, 11) is 1.56. The first-order valence-electron chi connectivity index (χ1n) is 8.13. The van der Waals surface area contributed by atoms with Crippen LogP contribution >= 0.6 is 0 Å². The fraction of sp³-hybridized carbons (Fsp3) is 0.333. The monoisotopic (exact) mass is 343 g/mol. The quantitative estimate of drug-likeness (QED) is 0.859. The van der Waals surface area contributed by atoms with Gasteiger partial charge in [0.1, 0.15) is 11.5 Å². The maximum atomic E-state index is 12.4. The molecule has 132 valence electrons. The molecule has 0 unspecified atom stereocenters. The van der Waals surface area contributed by atoms with Gasteiger partial charge in [-0.2, -0.15) is 0 Å². The van der Waals surface area contributed by atoms with Gasteiger partial charge in [0, 0.05) is 7.05 Å². The molecule has 2 atom stereocenters. The summed E-state index contributed by atoms with van der Waals surface area (Å²) in [6, 6.07) is 10.7. The maximum absolute atomic E-state index is 12.4. The Hall–Kier alpha value is -2.96. The van der Waals surface area contributed by atoms with Gasteiger partial charge in [0.05, 0.1) is 31.1 Å². The SMILES string of the molecule is CNC(=O)[C@H]1CN(CC(=O)N[C@H](C)c2ccco2)c2ccccc2O1. The Balaban J connectivity index is 1.71. The van der Waals surface area contributed by atoms with E-state index in [1.54, 1.807) is 25.4 Å². The number of ether oxygens (including phenoxy) is 1. The van der Waals surface area contributed by atoms with Crippen LogP contribution in [-0.2, 0) is 9.59 Å². The zero-order valence-electron chi connectivity index (χ0n) is 14.2. The second-order valence-electron chi connectivity index (χ2n) is 5.87. The number of benzene rings is 1. The normalized spacial score (nSPS) is 17.2. The van der Waals surface area contributed by atoms with Crippen molar-refractivity contribution >= 4 is 17.5 Å². The number of carbonyl (C=O) groups excluding carboxylic acids is 2. The van der Waals surface area contributed by atoms with E-state index in [1.165, 1.54) is 0 Å². The average Bonchev–Trinajstić information content (AvgIpc) is 3.15. The molecular weight excluding hydrogens is 322 g/mol. The molecular formula is C18H21N3O4. The molecule has 7 nitrogen and oxygen atoms in total. The summed E-state index contributed by atoms with van der Waals surface area (Å²) >= 11 is 0. The Morgan fingerprint density at radius 3 is 2.80 bits per heavy atom. The van der Waals surface area contributed by atoms with Crippen LogP contribution in [0.3, 0.4) is 0 Å². The van der Waals surface area contributed by atoms with Gasteiger partial charge in [0.2, 0.25) is 5.91 Å². The topological polar surface area (TPSA) is 83.8 Å². The number of nitrogens with zero attached hydrogens (tertiary/aromatic N) is 1. The third kappa shape index (κ3) is 3.76. The van der Waals surface area contributed by atoms with E-state index in [0.717, 1.165) is 5.69 Å². The molecule has 2 heterocycles. The molecule has 1 aliphatic heterocycles. The summed E-state index contributed by atoms with van der Waals surface area (Å²) in [5.41, 5.74) is 0.795. The minimum Gasteiger partial charge on any atom is -0.477 e. The Morgan fingerprint density at radius 1 is 1.28 bits per heavy atom. The molecule has 0 saturated carbocycles. The molecule has 0 saturated heterocycles. The molecule has 25 heavy (non-hydrogen) atoms. The van der Waals surface area contributed by atoms with Gasteiger partial charge >= 0.3 is 0 Å². The first-order chi connectivity index (χ1) is 12.1. The largest absolute Gasteiger partial charge is 0.477 e. The van der Waals surface area contributed by atoms with Crippen LogP contribution in [0.4, 0.5) is 5.69 Å². The molecule has 0 aliphatic carbocycles. The zero-order chi connectivity index (χ0) is 17.8. The Labute approximate surface area is 145 Å². The van der Waals surface area contributed by atoms with Crippen LogP contribution in [0.25, 0.3) is 0 Å². The predicted molar refractivity (Wildman–Crippen MR) is 92.4 cm³/mol. The number of rotatable bonds is 5. The summed E-state index contributed by atoms with van der Waals surface area (Å²) in [6.45, 7) is 2.29. The highest BCUT2D eigenvalue weighted by Gasteiger charge is 2.31. The third-order valence-corrected chi connectivity index (χ3v) is 4.08. The van der Waals surface area contributed by atoms with Crippen LogP contribution in [-0.4, -0.2) is 38.1 Å². The summed E-state index contributed by atoms with van der Waals surface area (Å²) in [6.07, 6.45) is 0.916. The van der Waals surface area contributed by atoms with Gasteiger partial charge in [-0.25, -0.2) is 0 Å². The van der Waals surface area contributed by atoms with E-state index in [0.29, 0.717) is 18.1 Å². The van der Waals surface area contributed by atoms with Crippen molar-refractivity contribution in [2.45, 2.75) is 19.1 Å². The van der Waals surface area contributed by atoms with Crippen LogP contribution in [0, 0.1) is 0 Å². The van der Waals surface area contributed by atoms with Gasteiger partial charge in [-0.1, -0.05) is 12.1 Å². The summed E-state index contributed by atoms with van der Waals surface area (Å²) in [5, 5.41) is 5.49. The highest BCUT2D eigenvalue weighted by molar-refractivity contribution is 5.86. The van der Waals surface area contributed by atoms with Crippen LogP contribution < -0.4 is 20.3 Å². The van der Waals surface area contributed by atoms with Crippen molar-refractivity contribution in [1.82, 2.24) is 10.6 Å². The van der Waals surface area contributed by atoms with Crippen molar-refractivity contribution in [3.05, 3.63) is 48.4 Å². The van der Waals surface area contributed by atoms with Crippen molar-refractivity contribution in [3.8, 4) is 5.75 Å². The molecule has 0 bridgehead atoms. The van der Waals surface area contributed by atoms with E-state index in [2.05, 4.69) is 10.6 Å². The van der Waals surface area contributed by atoms with Gasteiger partial charge < -0.3 is 24.7 Å². The molecule has 2 aromatic rings. The second-order valence-corrected chi connectivity index (χ2v) is 5.87. The maximum Gasteiger partial charge on any atom is 0.262 e. The molecule has 2 N–H and O–H groups in total. The first kappa shape index (κ1) is 16.9. The molecule has 0 fully saturated rings. The van der Waals surface area contributed by atoms with Gasteiger partial charge in [-0.3, -0.25) is 9.59 Å². The molecule has 1 aromatic heterocycles. The average molecular weight is 343 g/mol. The fourth-order valence-corrected chi connectivity index (χ4v) is 2.82. The van der Waals surface area contributed by atoms with Crippen LogP contribution in [0.15, 0.2) is 47.1 Å². The van der Waals surface area contributed by atoms with E-state index < -0.39 is 6.10 Å². The predicted octanol–water partition coefficient (Wildman–Crippen LogP) is 1.47. The van der Waals surface area contributed by atoms with Crippen molar-refractivity contribution in [1.29, 1.82) is 0 Å². The summed E-state index contributed by atoms with van der Waals surface area (Å²) in [5.74, 6) is 0.910. The lowest BCUT2D eigenvalue weighted by atomic mass is 10.1. The second kappa shape index (κ2) is 7.29. The van der Waals surface area contributed by atoms with Gasteiger partial charge in [0.25, 0.3) is 5.91 Å². The van der Waals surface area contributed by atoms with Crippen LogP contribution in [0.5, 0.6) is 5.75 Å². The fourth-order valence-electron chi connectivity index (χ4n) is 2.82. The number of nitrogens with one attached hydrogen (secondary N) is 2. The Morgan fingerprint density at radius 2 is 2.08 bits per heavy atom. The molecule has 1 aliphatic rings. The number of carbonyl (C=O) groups is 2. The van der Waals surface area contributed by atoms with E-state index >= 15 is 0 Å². The minimum absolute atomic E-state index is 0.124. The number of fused-ring (bicyclic) bond motifs is 1. The zero-order valence-corrected chi connectivity index (χ0v) is 14.2. The number of amides is 2. The van der Waals surface area contributed by atoms with E-state index in [-0.39, 0.29) is 24.4 Å².